The standard InChI is InChI=1S/C24H29N3O/c28-18-24(15-23-17-25-19-27-23)26-16-22(14-21-10-5-2-6-11-21)13-7-12-20-8-3-1-4-9-20/h1-6,8-11,17-19,22,24,26H,7,12-16H2,(H,25,27)/t22?,24-/m0/s1. The topological polar surface area (TPSA) is 57.8 Å². The molecule has 0 radical (unpaired) electrons. The third kappa shape index (κ3) is 6.78. The highest BCUT2D eigenvalue weighted by atomic mass is 16.1. The zero-order chi connectivity index (χ0) is 19.4. The van der Waals surface area contributed by atoms with E-state index in [4.69, 9.17) is 0 Å². The summed E-state index contributed by atoms with van der Waals surface area (Å²) in [7, 11) is 0. The molecular formula is C24H29N3O. The van der Waals surface area contributed by atoms with Gasteiger partial charge in [-0.05, 0) is 49.3 Å². The zero-order valence-electron chi connectivity index (χ0n) is 16.3. The van der Waals surface area contributed by atoms with Crippen molar-refractivity contribution in [3.05, 3.63) is 90.0 Å². The predicted molar refractivity (Wildman–Crippen MR) is 113 cm³/mol. The lowest BCUT2D eigenvalue weighted by Gasteiger charge is -2.20. The van der Waals surface area contributed by atoms with Crippen molar-refractivity contribution >= 4 is 6.29 Å². The average molecular weight is 376 g/mol. The Morgan fingerprint density at radius 2 is 1.68 bits per heavy atom. The zero-order valence-corrected chi connectivity index (χ0v) is 16.3. The SMILES string of the molecule is O=C[C@H](Cc1cnc[nH]1)NCC(CCCc1ccccc1)Cc1ccccc1. The van der Waals surface area contributed by atoms with Crippen molar-refractivity contribution in [2.45, 2.75) is 38.1 Å². The molecule has 0 aliphatic heterocycles. The van der Waals surface area contributed by atoms with Crippen LogP contribution < -0.4 is 5.32 Å². The molecule has 2 aromatic carbocycles. The highest BCUT2D eigenvalue weighted by molar-refractivity contribution is 5.58. The van der Waals surface area contributed by atoms with Crippen LogP contribution in [-0.4, -0.2) is 28.8 Å². The minimum atomic E-state index is -0.187. The summed E-state index contributed by atoms with van der Waals surface area (Å²) in [6.07, 6.45) is 9.48. The van der Waals surface area contributed by atoms with E-state index < -0.39 is 0 Å². The number of carbonyl (C=O) groups is 1. The van der Waals surface area contributed by atoms with Crippen molar-refractivity contribution in [1.29, 1.82) is 0 Å². The van der Waals surface area contributed by atoms with Gasteiger partial charge in [0.2, 0.25) is 0 Å². The van der Waals surface area contributed by atoms with Crippen LogP contribution in [0.5, 0.6) is 0 Å². The Hall–Kier alpha value is -2.72. The first-order valence-corrected chi connectivity index (χ1v) is 10.1. The molecule has 3 aromatic rings. The van der Waals surface area contributed by atoms with Gasteiger partial charge in [0.05, 0.1) is 12.4 Å². The van der Waals surface area contributed by atoms with E-state index >= 15 is 0 Å². The van der Waals surface area contributed by atoms with Crippen LogP contribution in [0.2, 0.25) is 0 Å². The Labute approximate surface area is 167 Å². The fourth-order valence-corrected chi connectivity index (χ4v) is 3.58. The van der Waals surface area contributed by atoms with Gasteiger partial charge >= 0.3 is 0 Å². The summed E-state index contributed by atoms with van der Waals surface area (Å²) in [5.74, 6) is 0.496. The van der Waals surface area contributed by atoms with Crippen LogP contribution >= 0.6 is 0 Å². The van der Waals surface area contributed by atoms with Gasteiger partial charge in [-0.1, -0.05) is 60.7 Å². The predicted octanol–water partition coefficient (Wildman–Crippen LogP) is 3.99. The van der Waals surface area contributed by atoms with Gasteiger partial charge in [0, 0.05) is 18.3 Å². The number of carbonyl (C=O) groups excluding carboxylic acids is 1. The minimum Gasteiger partial charge on any atom is -0.348 e. The smallest absolute Gasteiger partial charge is 0.137 e. The second-order valence-corrected chi connectivity index (χ2v) is 7.37. The second kappa shape index (κ2) is 11.2. The molecule has 0 aliphatic carbocycles. The van der Waals surface area contributed by atoms with Crippen LogP contribution in [0.1, 0.15) is 29.7 Å². The fourth-order valence-electron chi connectivity index (χ4n) is 3.58. The number of rotatable bonds is 12. The first-order chi connectivity index (χ1) is 13.8. The van der Waals surface area contributed by atoms with Crippen molar-refractivity contribution < 1.29 is 4.79 Å². The molecule has 1 heterocycles. The van der Waals surface area contributed by atoms with E-state index in [1.165, 1.54) is 11.1 Å². The third-order valence-corrected chi connectivity index (χ3v) is 5.12. The summed E-state index contributed by atoms with van der Waals surface area (Å²) in [5, 5.41) is 3.46. The average Bonchev–Trinajstić information content (AvgIpc) is 3.25. The molecule has 0 amide bonds. The number of benzene rings is 2. The van der Waals surface area contributed by atoms with Gasteiger partial charge in [0.15, 0.2) is 0 Å². The maximum Gasteiger partial charge on any atom is 0.137 e. The van der Waals surface area contributed by atoms with Gasteiger partial charge in [-0.15, -0.1) is 0 Å². The highest BCUT2D eigenvalue weighted by Crippen LogP contribution is 2.16. The van der Waals surface area contributed by atoms with Crippen LogP contribution in [0.3, 0.4) is 0 Å². The molecule has 146 valence electrons. The summed E-state index contributed by atoms with van der Waals surface area (Å²) in [6.45, 7) is 0.835. The van der Waals surface area contributed by atoms with E-state index in [1.54, 1.807) is 12.5 Å². The lowest BCUT2D eigenvalue weighted by molar-refractivity contribution is -0.109. The van der Waals surface area contributed by atoms with E-state index in [2.05, 4.69) is 75.9 Å². The molecule has 4 nitrogen and oxygen atoms in total. The van der Waals surface area contributed by atoms with Crippen molar-refractivity contribution in [3.63, 3.8) is 0 Å². The lowest BCUT2D eigenvalue weighted by atomic mass is 9.92. The van der Waals surface area contributed by atoms with E-state index in [0.29, 0.717) is 12.3 Å². The van der Waals surface area contributed by atoms with E-state index in [9.17, 15) is 4.79 Å². The molecule has 0 bridgehead atoms. The Kier molecular flexibility index (Phi) is 8.01. The van der Waals surface area contributed by atoms with Gasteiger partial charge in [-0.25, -0.2) is 4.98 Å². The molecule has 0 saturated heterocycles. The second-order valence-electron chi connectivity index (χ2n) is 7.37. The molecule has 0 spiro atoms. The van der Waals surface area contributed by atoms with Gasteiger partial charge < -0.3 is 15.1 Å². The first-order valence-electron chi connectivity index (χ1n) is 10.1. The van der Waals surface area contributed by atoms with Crippen LogP contribution in [0.4, 0.5) is 0 Å². The van der Waals surface area contributed by atoms with Crippen LogP contribution in [0.25, 0.3) is 0 Å². The molecule has 1 unspecified atom stereocenters. The number of aldehydes is 1. The number of aryl methyl sites for hydroxylation is 1. The van der Waals surface area contributed by atoms with E-state index in [-0.39, 0.29) is 6.04 Å². The molecular weight excluding hydrogens is 346 g/mol. The largest absolute Gasteiger partial charge is 0.348 e. The molecule has 2 N–H and O–H groups in total. The maximum absolute atomic E-state index is 11.5. The van der Waals surface area contributed by atoms with Gasteiger partial charge in [-0.2, -0.15) is 0 Å². The molecule has 0 saturated carbocycles. The Bertz CT molecular complexity index is 787. The molecule has 1 aromatic heterocycles. The van der Waals surface area contributed by atoms with E-state index in [1.807, 2.05) is 0 Å². The quantitative estimate of drug-likeness (QED) is 0.471. The molecule has 2 atom stereocenters. The summed E-state index contributed by atoms with van der Waals surface area (Å²) < 4.78 is 0. The summed E-state index contributed by atoms with van der Waals surface area (Å²) in [6, 6.07) is 21.1. The minimum absolute atomic E-state index is 0.187. The molecule has 0 aliphatic rings. The van der Waals surface area contributed by atoms with Crippen molar-refractivity contribution in [3.8, 4) is 0 Å². The summed E-state index contributed by atoms with van der Waals surface area (Å²) in [4.78, 5) is 18.6. The van der Waals surface area contributed by atoms with E-state index in [0.717, 1.165) is 44.2 Å². The Morgan fingerprint density at radius 1 is 0.964 bits per heavy atom. The number of hydrogen-bond donors (Lipinski definition) is 2. The summed E-state index contributed by atoms with van der Waals surface area (Å²) >= 11 is 0. The summed E-state index contributed by atoms with van der Waals surface area (Å²) in [5.41, 5.74) is 3.72. The number of aromatic nitrogens is 2. The van der Waals surface area contributed by atoms with Crippen LogP contribution in [0, 0.1) is 5.92 Å². The van der Waals surface area contributed by atoms with Crippen molar-refractivity contribution in [2.75, 3.05) is 6.54 Å². The van der Waals surface area contributed by atoms with Gasteiger partial charge in [-0.3, -0.25) is 0 Å². The monoisotopic (exact) mass is 375 g/mol. The molecule has 28 heavy (non-hydrogen) atoms. The van der Waals surface area contributed by atoms with Crippen LogP contribution in [-0.2, 0) is 24.1 Å². The normalized spacial score (nSPS) is 13.1. The van der Waals surface area contributed by atoms with Crippen LogP contribution in [0.15, 0.2) is 73.2 Å². The number of nitrogens with one attached hydrogen (secondary N) is 2. The molecule has 4 heteroatoms. The Morgan fingerprint density at radius 3 is 2.32 bits per heavy atom. The maximum atomic E-state index is 11.5. The van der Waals surface area contributed by atoms with Gasteiger partial charge in [0.25, 0.3) is 0 Å². The highest BCUT2D eigenvalue weighted by Gasteiger charge is 2.14. The number of nitrogens with zero attached hydrogens (tertiary/aromatic N) is 1. The fraction of sp³-hybridized carbons (Fsp3) is 0.333. The van der Waals surface area contributed by atoms with Gasteiger partial charge in [0.1, 0.15) is 6.29 Å². The molecule has 0 fully saturated rings. The Balaban J connectivity index is 1.54. The number of hydrogen-bond acceptors (Lipinski definition) is 3. The van der Waals surface area contributed by atoms with Crippen molar-refractivity contribution in [1.82, 2.24) is 15.3 Å². The number of aromatic amines is 1. The molecule has 3 rings (SSSR count). The third-order valence-electron chi connectivity index (χ3n) is 5.12. The lowest BCUT2D eigenvalue weighted by Crippen LogP contribution is -2.37. The first kappa shape index (κ1) is 20.0. The van der Waals surface area contributed by atoms with Crippen molar-refractivity contribution in [2.24, 2.45) is 5.92 Å². The number of imidazole rings is 1. The number of H-pyrrole nitrogens is 1.